The van der Waals surface area contributed by atoms with Gasteiger partial charge in [0.2, 0.25) is 0 Å². The molecule has 1 nitrogen and oxygen atoms in total. The zero-order valence-corrected chi connectivity index (χ0v) is 10.7. The summed E-state index contributed by atoms with van der Waals surface area (Å²) in [5.41, 5.74) is 5.93. The molecule has 0 spiro atoms. The number of carbonyl (C=O) groups is 1. The number of aldehydes is 1. The zero-order valence-electron chi connectivity index (χ0n) is 10.7. The molecular formula is C17H16O. The van der Waals surface area contributed by atoms with E-state index in [4.69, 9.17) is 0 Å². The lowest BCUT2D eigenvalue weighted by atomic mass is 10.1. The molecule has 0 N–H and O–H groups in total. The van der Waals surface area contributed by atoms with Crippen LogP contribution in [-0.4, -0.2) is 6.29 Å². The number of hydrogen-bond acceptors (Lipinski definition) is 1. The Morgan fingerprint density at radius 2 is 1.83 bits per heavy atom. The summed E-state index contributed by atoms with van der Waals surface area (Å²) in [4.78, 5) is 10.4. The Labute approximate surface area is 108 Å². The van der Waals surface area contributed by atoms with Crippen molar-refractivity contribution in [1.29, 1.82) is 0 Å². The largest absolute Gasteiger partial charge is 0.299 e. The van der Waals surface area contributed by atoms with Crippen molar-refractivity contribution >= 4 is 12.4 Å². The van der Waals surface area contributed by atoms with Crippen molar-refractivity contribution in [1.82, 2.24) is 0 Å². The van der Waals surface area contributed by atoms with E-state index < -0.39 is 0 Å². The molecule has 0 aromatic rings. The first kappa shape index (κ1) is 12.3. The minimum absolute atomic E-state index is 0.812. The van der Waals surface area contributed by atoms with Gasteiger partial charge in [0.1, 0.15) is 6.29 Å². The number of carbonyl (C=O) groups excluding carboxylic acids is 1. The van der Waals surface area contributed by atoms with Crippen LogP contribution in [0.4, 0.5) is 0 Å². The Morgan fingerprint density at radius 1 is 1.06 bits per heavy atom. The molecule has 0 fully saturated rings. The van der Waals surface area contributed by atoms with Crippen LogP contribution in [0.2, 0.25) is 0 Å². The van der Waals surface area contributed by atoms with E-state index in [1.54, 1.807) is 6.08 Å². The molecule has 2 rings (SSSR count). The average Bonchev–Trinajstić information content (AvgIpc) is 2.66. The van der Waals surface area contributed by atoms with E-state index in [9.17, 15) is 4.79 Å². The maximum atomic E-state index is 10.4. The van der Waals surface area contributed by atoms with Gasteiger partial charge in [-0.3, -0.25) is 4.79 Å². The zero-order chi connectivity index (χ0) is 13.0. The molecule has 0 radical (unpaired) electrons. The first-order valence-corrected chi connectivity index (χ1v) is 6.01. The standard InChI is InChI=1S/C17H16O/c1-13(11-12-18)7-8-15-9-10-16-14(2)5-3-4-6-17(15)16/h3-12H,1-2H3/b8-7+,13-11+. The van der Waals surface area contributed by atoms with Gasteiger partial charge in [-0.05, 0) is 47.8 Å². The van der Waals surface area contributed by atoms with Crippen LogP contribution in [0.3, 0.4) is 0 Å². The normalized spacial score (nSPS) is 12.2. The molecule has 0 saturated heterocycles. The van der Waals surface area contributed by atoms with Gasteiger partial charge in [0.05, 0.1) is 0 Å². The van der Waals surface area contributed by atoms with Crippen LogP contribution in [0.15, 0.2) is 54.1 Å². The molecule has 0 aliphatic heterocycles. The van der Waals surface area contributed by atoms with Crippen LogP contribution in [0.25, 0.3) is 17.2 Å². The molecule has 0 amide bonds. The Bertz CT molecular complexity index is 591. The lowest BCUT2D eigenvalue weighted by Crippen LogP contribution is -1.76. The summed E-state index contributed by atoms with van der Waals surface area (Å²) in [7, 11) is 0. The molecule has 1 heteroatoms. The summed E-state index contributed by atoms with van der Waals surface area (Å²) >= 11 is 0. The van der Waals surface area contributed by atoms with E-state index in [0.717, 1.165) is 11.9 Å². The highest BCUT2D eigenvalue weighted by molar-refractivity contribution is 5.81. The molecule has 0 unspecified atom stereocenters. The second-order valence-corrected chi connectivity index (χ2v) is 4.40. The third kappa shape index (κ3) is 2.57. The van der Waals surface area contributed by atoms with E-state index in [0.29, 0.717) is 0 Å². The molecule has 90 valence electrons. The molecular weight excluding hydrogens is 220 g/mol. The van der Waals surface area contributed by atoms with Crippen molar-refractivity contribution < 1.29 is 4.79 Å². The van der Waals surface area contributed by atoms with Crippen molar-refractivity contribution in [3.05, 3.63) is 65.3 Å². The number of rotatable bonds is 3. The van der Waals surface area contributed by atoms with E-state index >= 15 is 0 Å². The molecule has 0 aromatic carbocycles. The van der Waals surface area contributed by atoms with Crippen LogP contribution < -0.4 is 0 Å². The molecule has 0 bridgehead atoms. The van der Waals surface area contributed by atoms with Gasteiger partial charge in [0, 0.05) is 0 Å². The summed E-state index contributed by atoms with van der Waals surface area (Å²) in [5, 5.41) is 0. The minimum atomic E-state index is 0.812. The maximum absolute atomic E-state index is 10.4. The Kier molecular flexibility index (Phi) is 3.73. The van der Waals surface area contributed by atoms with Crippen molar-refractivity contribution in [2.24, 2.45) is 0 Å². The molecule has 0 saturated carbocycles. The lowest BCUT2D eigenvalue weighted by molar-refractivity contribution is -0.104. The molecule has 18 heavy (non-hydrogen) atoms. The smallest absolute Gasteiger partial charge is 0.143 e. The van der Waals surface area contributed by atoms with Gasteiger partial charge in [-0.1, -0.05) is 48.6 Å². The summed E-state index contributed by atoms with van der Waals surface area (Å²) in [6, 6.07) is 12.6. The van der Waals surface area contributed by atoms with Crippen LogP contribution >= 0.6 is 0 Å². The third-order valence-corrected chi connectivity index (χ3v) is 3.03. The molecule has 0 atom stereocenters. The Balaban J connectivity index is 2.40. The average molecular weight is 236 g/mol. The fourth-order valence-corrected chi connectivity index (χ4v) is 2.01. The number of fused-ring (bicyclic) bond motifs is 1. The number of aryl methyl sites for hydroxylation is 1. The summed E-state index contributed by atoms with van der Waals surface area (Å²) in [6.07, 6.45) is 6.39. The SMILES string of the molecule is CC(/C=C/c1ccc2c(C)ccccc1-2)=C\C=O. The summed E-state index contributed by atoms with van der Waals surface area (Å²) < 4.78 is 0. The Morgan fingerprint density at radius 3 is 2.61 bits per heavy atom. The van der Waals surface area contributed by atoms with E-state index in [1.807, 2.05) is 13.0 Å². The van der Waals surface area contributed by atoms with Gasteiger partial charge < -0.3 is 0 Å². The number of allylic oxidation sites excluding steroid dienone is 3. The first-order valence-electron chi connectivity index (χ1n) is 6.01. The van der Waals surface area contributed by atoms with Gasteiger partial charge >= 0.3 is 0 Å². The molecule has 0 heterocycles. The topological polar surface area (TPSA) is 17.1 Å². The van der Waals surface area contributed by atoms with Crippen molar-refractivity contribution in [3.8, 4) is 11.1 Å². The van der Waals surface area contributed by atoms with Crippen LogP contribution in [0, 0.1) is 6.92 Å². The first-order chi connectivity index (χ1) is 8.72. The van der Waals surface area contributed by atoms with Gasteiger partial charge in [-0.25, -0.2) is 0 Å². The van der Waals surface area contributed by atoms with Crippen molar-refractivity contribution in [2.45, 2.75) is 13.8 Å². The van der Waals surface area contributed by atoms with Crippen LogP contribution in [-0.2, 0) is 4.79 Å². The summed E-state index contributed by atoms with van der Waals surface area (Å²) in [5.74, 6) is 0. The van der Waals surface area contributed by atoms with Crippen LogP contribution in [0.5, 0.6) is 0 Å². The van der Waals surface area contributed by atoms with Gasteiger partial charge in [0.25, 0.3) is 0 Å². The highest BCUT2D eigenvalue weighted by atomic mass is 16.1. The van der Waals surface area contributed by atoms with E-state index in [-0.39, 0.29) is 0 Å². The second-order valence-electron chi connectivity index (χ2n) is 4.40. The molecule has 2 aliphatic carbocycles. The third-order valence-electron chi connectivity index (χ3n) is 3.03. The highest BCUT2D eigenvalue weighted by Crippen LogP contribution is 2.30. The fourth-order valence-electron chi connectivity index (χ4n) is 2.01. The monoisotopic (exact) mass is 236 g/mol. The van der Waals surface area contributed by atoms with Gasteiger partial charge in [-0.2, -0.15) is 0 Å². The van der Waals surface area contributed by atoms with Crippen LogP contribution in [0.1, 0.15) is 18.1 Å². The number of hydrogen-bond donors (Lipinski definition) is 0. The maximum Gasteiger partial charge on any atom is 0.143 e. The predicted octanol–water partition coefficient (Wildman–Crippen LogP) is 4.26. The van der Waals surface area contributed by atoms with Gasteiger partial charge in [-0.15, -0.1) is 0 Å². The summed E-state index contributed by atoms with van der Waals surface area (Å²) in [6.45, 7) is 4.04. The predicted molar refractivity (Wildman–Crippen MR) is 76.7 cm³/mol. The molecule has 2 aliphatic rings. The lowest BCUT2D eigenvalue weighted by Gasteiger charge is -1.98. The fraction of sp³-hybridized carbons (Fsp3) is 0.118. The Hall–Kier alpha value is -2.15. The van der Waals surface area contributed by atoms with E-state index in [1.165, 1.54) is 22.3 Å². The molecule has 0 aromatic heterocycles. The van der Waals surface area contributed by atoms with Crippen molar-refractivity contribution in [2.75, 3.05) is 0 Å². The van der Waals surface area contributed by atoms with Gasteiger partial charge in [0.15, 0.2) is 0 Å². The minimum Gasteiger partial charge on any atom is -0.299 e. The second kappa shape index (κ2) is 5.46. The highest BCUT2D eigenvalue weighted by Gasteiger charge is 2.07. The quantitative estimate of drug-likeness (QED) is 0.442. The van der Waals surface area contributed by atoms with E-state index in [2.05, 4.69) is 49.4 Å². The van der Waals surface area contributed by atoms with Crippen molar-refractivity contribution in [3.63, 3.8) is 0 Å².